The van der Waals surface area contributed by atoms with Gasteiger partial charge in [-0.1, -0.05) is 33.6 Å². The highest BCUT2D eigenvalue weighted by Gasteiger charge is 2.40. The van der Waals surface area contributed by atoms with Crippen molar-refractivity contribution in [2.45, 2.75) is 53.4 Å². The number of hydrogen-bond acceptors (Lipinski definition) is 3. The molecule has 0 radical (unpaired) electrons. The van der Waals surface area contributed by atoms with Crippen LogP contribution >= 0.6 is 0 Å². The topological polar surface area (TPSA) is 46.6 Å². The third kappa shape index (κ3) is 4.50. The van der Waals surface area contributed by atoms with Crippen molar-refractivity contribution >= 4 is 11.9 Å². The third-order valence-electron chi connectivity index (χ3n) is 4.02. The molecule has 4 heteroatoms. The number of nitrogens with zero attached hydrogens (tertiary/aromatic N) is 1. The van der Waals surface area contributed by atoms with Crippen LogP contribution in [0, 0.1) is 17.3 Å². The summed E-state index contributed by atoms with van der Waals surface area (Å²) in [6, 6.07) is 0. The van der Waals surface area contributed by atoms with E-state index in [-0.39, 0.29) is 5.91 Å². The number of esters is 1. The van der Waals surface area contributed by atoms with Gasteiger partial charge < -0.3 is 9.64 Å². The standard InChI is InChI=1S/C16H29NO3/c1-6-20-15(19)13(16(2,3)4)14(18)17(5)11-12-9-7-8-10-12/h12-13H,6-11H2,1-5H3. The van der Waals surface area contributed by atoms with Crippen molar-refractivity contribution in [3.8, 4) is 0 Å². The van der Waals surface area contributed by atoms with Gasteiger partial charge in [0.25, 0.3) is 0 Å². The molecule has 0 aromatic heterocycles. The number of carbonyl (C=O) groups is 2. The quantitative estimate of drug-likeness (QED) is 0.576. The van der Waals surface area contributed by atoms with Crippen LogP contribution in [0.5, 0.6) is 0 Å². The van der Waals surface area contributed by atoms with E-state index in [0.29, 0.717) is 12.5 Å². The fourth-order valence-corrected chi connectivity index (χ4v) is 2.94. The lowest BCUT2D eigenvalue weighted by Gasteiger charge is -2.32. The van der Waals surface area contributed by atoms with Gasteiger partial charge in [0, 0.05) is 13.6 Å². The van der Waals surface area contributed by atoms with E-state index in [9.17, 15) is 9.59 Å². The third-order valence-corrected chi connectivity index (χ3v) is 4.02. The summed E-state index contributed by atoms with van der Waals surface area (Å²) in [6.07, 6.45) is 4.90. The molecule has 1 fully saturated rings. The van der Waals surface area contributed by atoms with Gasteiger partial charge in [-0.2, -0.15) is 0 Å². The van der Waals surface area contributed by atoms with E-state index < -0.39 is 17.3 Å². The first kappa shape index (κ1) is 17.0. The predicted molar refractivity (Wildman–Crippen MR) is 79.2 cm³/mol. The first-order valence-corrected chi connectivity index (χ1v) is 7.69. The highest BCUT2D eigenvalue weighted by Crippen LogP contribution is 2.30. The Bertz CT molecular complexity index is 340. The van der Waals surface area contributed by atoms with Gasteiger partial charge in [0.2, 0.25) is 5.91 Å². The molecule has 0 aromatic carbocycles. The maximum atomic E-state index is 12.6. The molecule has 0 aromatic rings. The highest BCUT2D eigenvalue weighted by molar-refractivity contribution is 5.98. The normalized spacial score (nSPS) is 17.9. The number of ether oxygens (including phenoxy) is 1. The van der Waals surface area contributed by atoms with Crippen LogP contribution in [0.15, 0.2) is 0 Å². The minimum absolute atomic E-state index is 0.108. The van der Waals surface area contributed by atoms with Crippen molar-refractivity contribution in [3.63, 3.8) is 0 Å². The predicted octanol–water partition coefficient (Wildman–Crippen LogP) is 2.86. The van der Waals surface area contributed by atoms with Crippen LogP contribution in [0.3, 0.4) is 0 Å². The van der Waals surface area contributed by atoms with E-state index in [0.717, 1.165) is 6.54 Å². The van der Waals surface area contributed by atoms with Gasteiger partial charge in [0.15, 0.2) is 0 Å². The molecule has 0 N–H and O–H groups in total. The van der Waals surface area contributed by atoms with Gasteiger partial charge in [-0.15, -0.1) is 0 Å². The zero-order valence-corrected chi connectivity index (χ0v) is 13.6. The smallest absolute Gasteiger partial charge is 0.319 e. The lowest BCUT2D eigenvalue weighted by atomic mass is 9.79. The van der Waals surface area contributed by atoms with Crippen molar-refractivity contribution in [2.75, 3.05) is 20.2 Å². The molecule has 1 atom stereocenters. The number of hydrogen-bond donors (Lipinski definition) is 0. The molecule has 1 saturated carbocycles. The molecule has 0 saturated heterocycles. The average molecular weight is 283 g/mol. The van der Waals surface area contributed by atoms with Crippen LogP contribution in [0.4, 0.5) is 0 Å². The Balaban J connectivity index is 2.73. The molecule has 1 amide bonds. The van der Waals surface area contributed by atoms with Gasteiger partial charge >= 0.3 is 5.97 Å². The van der Waals surface area contributed by atoms with Crippen LogP contribution in [0.25, 0.3) is 0 Å². The van der Waals surface area contributed by atoms with E-state index in [1.165, 1.54) is 25.7 Å². The maximum Gasteiger partial charge on any atom is 0.319 e. The minimum atomic E-state index is -0.714. The molecule has 1 aliphatic rings. The number of amides is 1. The lowest BCUT2D eigenvalue weighted by Crippen LogP contribution is -2.45. The molecule has 1 unspecified atom stereocenters. The second kappa shape index (κ2) is 7.09. The van der Waals surface area contributed by atoms with Crippen LogP contribution in [-0.4, -0.2) is 37.0 Å². The summed E-state index contributed by atoms with van der Waals surface area (Å²) in [4.78, 5) is 26.4. The largest absolute Gasteiger partial charge is 0.465 e. The molecule has 1 rings (SSSR count). The Morgan fingerprint density at radius 2 is 1.80 bits per heavy atom. The molecule has 4 nitrogen and oxygen atoms in total. The molecule has 1 aliphatic carbocycles. The first-order valence-electron chi connectivity index (χ1n) is 7.69. The Labute approximate surface area is 122 Å². The van der Waals surface area contributed by atoms with Gasteiger partial charge in [-0.25, -0.2) is 0 Å². The maximum absolute atomic E-state index is 12.6. The SMILES string of the molecule is CCOC(=O)C(C(=O)N(C)CC1CCCC1)C(C)(C)C. The molecule has 0 bridgehead atoms. The van der Waals surface area contributed by atoms with E-state index >= 15 is 0 Å². The van der Waals surface area contributed by atoms with Gasteiger partial charge in [0.1, 0.15) is 5.92 Å². The molecule has 116 valence electrons. The van der Waals surface area contributed by atoms with Crippen molar-refractivity contribution in [1.82, 2.24) is 4.90 Å². The Morgan fingerprint density at radius 3 is 2.25 bits per heavy atom. The average Bonchev–Trinajstić information content (AvgIpc) is 2.80. The van der Waals surface area contributed by atoms with E-state index in [1.54, 1.807) is 18.9 Å². The van der Waals surface area contributed by atoms with Crippen molar-refractivity contribution in [1.29, 1.82) is 0 Å². The monoisotopic (exact) mass is 283 g/mol. The van der Waals surface area contributed by atoms with Gasteiger partial charge in [-0.05, 0) is 31.1 Å². The van der Waals surface area contributed by atoms with E-state index in [2.05, 4.69) is 0 Å². The van der Waals surface area contributed by atoms with Crippen molar-refractivity contribution in [2.24, 2.45) is 17.3 Å². The zero-order valence-electron chi connectivity index (χ0n) is 13.6. The van der Waals surface area contributed by atoms with Crippen LogP contribution in [0.2, 0.25) is 0 Å². The van der Waals surface area contributed by atoms with Crippen LogP contribution in [0.1, 0.15) is 53.4 Å². The molecule has 0 heterocycles. The van der Waals surface area contributed by atoms with Gasteiger partial charge in [0.05, 0.1) is 6.61 Å². The Hall–Kier alpha value is -1.06. The second-order valence-corrected chi connectivity index (χ2v) is 6.92. The summed E-state index contributed by atoms with van der Waals surface area (Å²) < 4.78 is 5.09. The van der Waals surface area contributed by atoms with Crippen molar-refractivity contribution in [3.05, 3.63) is 0 Å². The zero-order chi connectivity index (χ0) is 15.3. The first-order chi connectivity index (χ1) is 9.27. The number of rotatable bonds is 5. The van der Waals surface area contributed by atoms with Crippen LogP contribution < -0.4 is 0 Å². The molecular formula is C16H29NO3. The fraction of sp³-hybridized carbons (Fsp3) is 0.875. The van der Waals surface area contributed by atoms with E-state index in [4.69, 9.17) is 4.74 Å². The van der Waals surface area contributed by atoms with Gasteiger partial charge in [-0.3, -0.25) is 9.59 Å². The second-order valence-electron chi connectivity index (χ2n) is 6.92. The molecule has 20 heavy (non-hydrogen) atoms. The summed E-state index contributed by atoms with van der Waals surface area (Å²) in [7, 11) is 1.80. The Morgan fingerprint density at radius 1 is 1.25 bits per heavy atom. The summed E-state index contributed by atoms with van der Waals surface area (Å²) in [6.45, 7) is 8.57. The lowest BCUT2D eigenvalue weighted by molar-refractivity contribution is -0.160. The molecule has 0 aliphatic heterocycles. The minimum Gasteiger partial charge on any atom is -0.465 e. The summed E-state index contributed by atoms with van der Waals surface area (Å²) in [5.41, 5.74) is -0.423. The van der Waals surface area contributed by atoms with E-state index in [1.807, 2.05) is 20.8 Å². The van der Waals surface area contributed by atoms with Crippen LogP contribution in [-0.2, 0) is 14.3 Å². The molecule has 0 spiro atoms. The highest BCUT2D eigenvalue weighted by atomic mass is 16.5. The summed E-state index contributed by atoms with van der Waals surface area (Å²) >= 11 is 0. The summed E-state index contributed by atoms with van der Waals surface area (Å²) in [5, 5.41) is 0. The molecular weight excluding hydrogens is 254 g/mol. The summed E-state index contributed by atoms with van der Waals surface area (Å²) in [5.74, 6) is -0.633. The van der Waals surface area contributed by atoms with Crippen molar-refractivity contribution < 1.29 is 14.3 Å². The number of carbonyl (C=O) groups excluding carboxylic acids is 2. The fourth-order valence-electron chi connectivity index (χ4n) is 2.94. The Kier molecular flexibility index (Phi) is 6.03.